The molecule has 4 aromatic carbocycles. The van der Waals surface area contributed by atoms with Gasteiger partial charge in [0, 0.05) is 11.6 Å². The largest absolute Gasteiger partial charge is 0.489 e. The van der Waals surface area contributed by atoms with Crippen molar-refractivity contribution in [2.45, 2.75) is 25.0 Å². The van der Waals surface area contributed by atoms with Gasteiger partial charge >= 0.3 is 0 Å². The van der Waals surface area contributed by atoms with Crippen LogP contribution in [0.15, 0.2) is 102 Å². The maximum Gasteiger partial charge on any atom is 0.264 e. The molecule has 0 aliphatic heterocycles. The normalized spacial score (nSPS) is 11.1. The number of ether oxygens (including phenoxy) is 1. The number of hydrogen-bond acceptors (Lipinski definition) is 4. The van der Waals surface area contributed by atoms with Crippen LogP contribution in [0.5, 0.6) is 5.75 Å². The number of carbonyl (C=O) groups is 1. The predicted molar refractivity (Wildman–Crippen MR) is 146 cm³/mol. The number of nitrogens with one attached hydrogen (secondary N) is 1. The summed E-state index contributed by atoms with van der Waals surface area (Å²) in [5.41, 5.74) is 2.54. The molecule has 1 amide bonds. The van der Waals surface area contributed by atoms with Crippen LogP contribution in [0.1, 0.15) is 16.7 Å². The highest BCUT2D eigenvalue weighted by Gasteiger charge is 2.28. The van der Waals surface area contributed by atoms with Crippen LogP contribution in [0.3, 0.4) is 0 Å². The molecular formula is C29H26ClFN2O4S. The molecule has 196 valence electrons. The van der Waals surface area contributed by atoms with Crippen molar-refractivity contribution in [2.75, 3.05) is 10.8 Å². The fraction of sp³-hybridized carbons (Fsp3) is 0.138. The lowest BCUT2D eigenvalue weighted by Crippen LogP contribution is -2.41. The summed E-state index contributed by atoms with van der Waals surface area (Å²) in [5.74, 6) is -0.148. The zero-order valence-electron chi connectivity index (χ0n) is 20.6. The van der Waals surface area contributed by atoms with Crippen molar-refractivity contribution in [3.05, 3.63) is 125 Å². The van der Waals surface area contributed by atoms with Crippen molar-refractivity contribution < 1.29 is 22.3 Å². The fourth-order valence-electron chi connectivity index (χ4n) is 3.72. The molecule has 0 aliphatic carbocycles. The van der Waals surface area contributed by atoms with E-state index in [4.69, 9.17) is 16.3 Å². The van der Waals surface area contributed by atoms with E-state index in [9.17, 15) is 17.6 Å². The third kappa shape index (κ3) is 6.70. The highest BCUT2D eigenvalue weighted by molar-refractivity contribution is 7.92. The zero-order chi connectivity index (χ0) is 27.1. The number of halogens is 2. The molecule has 0 spiro atoms. The number of amides is 1. The molecule has 0 saturated heterocycles. The molecule has 0 aliphatic rings. The Hall–Kier alpha value is -3.88. The van der Waals surface area contributed by atoms with Gasteiger partial charge < -0.3 is 10.1 Å². The number of benzene rings is 4. The number of anilines is 1. The van der Waals surface area contributed by atoms with Crippen LogP contribution in [-0.2, 0) is 28.0 Å². The Kier molecular flexibility index (Phi) is 8.66. The second-order valence-corrected chi connectivity index (χ2v) is 10.8. The molecule has 9 heteroatoms. The van der Waals surface area contributed by atoms with Crippen LogP contribution < -0.4 is 14.4 Å². The molecule has 1 N–H and O–H groups in total. The molecule has 0 unspecified atom stereocenters. The molecule has 4 aromatic rings. The molecule has 0 bridgehead atoms. The molecular weight excluding hydrogens is 527 g/mol. The van der Waals surface area contributed by atoms with Crippen LogP contribution in [0.25, 0.3) is 0 Å². The fourth-order valence-corrected chi connectivity index (χ4v) is 5.39. The Morgan fingerprint density at radius 2 is 1.55 bits per heavy atom. The summed E-state index contributed by atoms with van der Waals surface area (Å²) >= 11 is 6.26. The standard InChI is InChI=1S/C29H26ClFN2O4S/c1-21-27(30)8-5-9-28(21)33(38(35,36)26-6-3-2-4-7-26)19-29(34)32-18-22-12-16-25(17-13-22)37-20-23-10-14-24(31)15-11-23/h2-17H,18-20H2,1H3,(H,32,34). The van der Waals surface area contributed by atoms with Gasteiger partial charge in [-0.1, -0.05) is 60.1 Å². The Balaban J connectivity index is 1.42. The summed E-state index contributed by atoms with van der Waals surface area (Å²) in [4.78, 5) is 13.0. The summed E-state index contributed by atoms with van der Waals surface area (Å²) in [6.07, 6.45) is 0. The first-order valence-corrected chi connectivity index (χ1v) is 13.6. The highest BCUT2D eigenvalue weighted by atomic mass is 35.5. The third-order valence-electron chi connectivity index (χ3n) is 5.86. The van der Waals surface area contributed by atoms with Crippen molar-refractivity contribution in [1.29, 1.82) is 0 Å². The maximum absolute atomic E-state index is 13.5. The first-order valence-electron chi connectivity index (χ1n) is 11.8. The van der Waals surface area contributed by atoms with Gasteiger partial charge in [-0.3, -0.25) is 9.10 Å². The van der Waals surface area contributed by atoms with E-state index < -0.39 is 22.5 Å². The van der Waals surface area contributed by atoms with Crippen LogP contribution in [0.4, 0.5) is 10.1 Å². The van der Waals surface area contributed by atoms with E-state index in [1.807, 2.05) is 0 Å². The summed E-state index contributed by atoms with van der Waals surface area (Å²) in [6.45, 7) is 1.79. The maximum atomic E-state index is 13.5. The van der Waals surface area contributed by atoms with Crippen molar-refractivity contribution in [1.82, 2.24) is 5.32 Å². The summed E-state index contributed by atoms with van der Waals surface area (Å²) in [5, 5.41) is 3.19. The van der Waals surface area contributed by atoms with Gasteiger partial charge in [-0.05, 0) is 72.1 Å². The average Bonchev–Trinajstić information content (AvgIpc) is 2.93. The van der Waals surface area contributed by atoms with E-state index in [0.29, 0.717) is 28.6 Å². The molecule has 0 saturated carbocycles. The van der Waals surface area contributed by atoms with Gasteiger partial charge in [0.2, 0.25) is 5.91 Å². The second-order valence-electron chi connectivity index (χ2n) is 8.54. The van der Waals surface area contributed by atoms with Gasteiger partial charge in [-0.25, -0.2) is 12.8 Å². The van der Waals surface area contributed by atoms with E-state index in [-0.39, 0.29) is 17.3 Å². The minimum Gasteiger partial charge on any atom is -0.489 e. The van der Waals surface area contributed by atoms with E-state index in [0.717, 1.165) is 15.4 Å². The van der Waals surface area contributed by atoms with Crippen LogP contribution in [0.2, 0.25) is 5.02 Å². The van der Waals surface area contributed by atoms with E-state index in [1.54, 1.807) is 79.7 Å². The van der Waals surface area contributed by atoms with Crippen LogP contribution in [-0.4, -0.2) is 20.9 Å². The Bertz CT molecular complexity index is 1500. The van der Waals surface area contributed by atoms with Gasteiger partial charge in [0.25, 0.3) is 10.0 Å². The zero-order valence-corrected chi connectivity index (χ0v) is 22.2. The molecule has 0 radical (unpaired) electrons. The van der Waals surface area contributed by atoms with Crippen LogP contribution in [0, 0.1) is 12.7 Å². The van der Waals surface area contributed by atoms with Crippen molar-refractivity contribution >= 4 is 33.2 Å². The lowest BCUT2D eigenvalue weighted by Gasteiger charge is -2.26. The summed E-state index contributed by atoms with van der Waals surface area (Å²) in [7, 11) is -4.03. The van der Waals surface area contributed by atoms with Crippen molar-refractivity contribution in [3.63, 3.8) is 0 Å². The molecule has 38 heavy (non-hydrogen) atoms. The molecule has 0 heterocycles. The summed E-state index contributed by atoms with van der Waals surface area (Å²) < 4.78 is 46.8. The van der Waals surface area contributed by atoms with Gasteiger partial charge in [-0.2, -0.15) is 0 Å². The minimum absolute atomic E-state index is 0.0726. The molecule has 0 atom stereocenters. The molecule has 4 rings (SSSR count). The third-order valence-corrected chi connectivity index (χ3v) is 8.04. The Morgan fingerprint density at radius 1 is 0.895 bits per heavy atom. The molecule has 0 aromatic heterocycles. The number of sulfonamides is 1. The average molecular weight is 553 g/mol. The Morgan fingerprint density at radius 3 is 2.24 bits per heavy atom. The van der Waals surface area contributed by atoms with Gasteiger partial charge in [0.05, 0.1) is 10.6 Å². The van der Waals surface area contributed by atoms with Gasteiger partial charge in [-0.15, -0.1) is 0 Å². The predicted octanol–water partition coefficient (Wildman–Crippen LogP) is 5.88. The van der Waals surface area contributed by atoms with E-state index >= 15 is 0 Å². The van der Waals surface area contributed by atoms with E-state index in [2.05, 4.69) is 5.32 Å². The number of carbonyl (C=O) groups excluding carboxylic acids is 1. The number of rotatable bonds is 10. The number of hydrogen-bond donors (Lipinski definition) is 1. The van der Waals surface area contributed by atoms with E-state index in [1.165, 1.54) is 24.3 Å². The van der Waals surface area contributed by atoms with Crippen molar-refractivity contribution in [2.24, 2.45) is 0 Å². The van der Waals surface area contributed by atoms with Crippen molar-refractivity contribution in [3.8, 4) is 5.75 Å². The molecule has 6 nitrogen and oxygen atoms in total. The van der Waals surface area contributed by atoms with Gasteiger partial charge in [0.1, 0.15) is 24.7 Å². The minimum atomic E-state index is -4.03. The van der Waals surface area contributed by atoms with Gasteiger partial charge in [0.15, 0.2) is 0 Å². The SMILES string of the molecule is Cc1c(Cl)cccc1N(CC(=O)NCc1ccc(OCc2ccc(F)cc2)cc1)S(=O)(=O)c1ccccc1. The summed E-state index contributed by atoms with van der Waals surface area (Å²) in [6, 6.07) is 26.1. The molecule has 0 fully saturated rings. The lowest BCUT2D eigenvalue weighted by molar-refractivity contribution is -0.119. The highest BCUT2D eigenvalue weighted by Crippen LogP contribution is 2.30. The first kappa shape index (κ1) is 27.2. The van der Waals surface area contributed by atoms with Crippen LogP contribution >= 0.6 is 11.6 Å². The number of nitrogens with zero attached hydrogens (tertiary/aromatic N) is 1. The topological polar surface area (TPSA) is 75.7 Å². The Labute approximate surface area is 226 Å². The quantitative estimate of drug-likeness (QED) is 0.267. The first-order chi connectivity index (χ1) is 18.2. The smallest absolute Gasteiger partial charge is 0.264 e. The monoisotopic (exact) mass is 552 g/mol. The lowest BCUT2D eigenvalue weighted by atomic mass is 10.2. The second kappa shape index (κ2) is 12.1.